The molecule has 3 rings (SSSR count). The summed E-state index contributed by atoms with van der Waals surface area (Å²) in [6, 6.07) is 2.11. The van der Waals surface area contributed by atoms with E-state index in [0.717, 1.165) is 37.3 Å². The molecule has 1 aliphatic rings. The van der Waals surface area contributed by atoms with E-state index in [0.29, 0.717) is 0 Å². The predicted octanol–water partition coefficient (Wildman–Crippen LogP) is 1.34. The molecular formula is C13H16BrN5O. The van der Waals surface area contributed by atoms with Crippen molar-refractivity contribution in [1.29, 1.82) is 0 Å². The number of pyridine rings is 1. The minimum atomic E-state index is 0.158. The van der Waals surface area contributed by atoms with Gasteiger partial charge in [0.1, 0.15) is 0 Å². The van der Waals surface area contributed by atoms with Crippen molar-refractivity contribution in [1.82, 2.24) is 24.9 Å². The zero-order valence-electron chi connectivity index (χ0n) is 11.0. The maximum atomic E-state index is 5.79. The predicted molar refractivity (Wildman–Crippen MR) is 77.0 cm³/mol. The highest BCUT2D eigenvalue weighted by Gasteiger charge is 2.21. The van der Waals surface area contributed by atoms with Gasteiger partial charge in [-0.3, -0.25) is 9.88 Å². The molecule has 0 aliphatic carbocycles. The molecule has 0 aromatic carbocycles. The molecule has 2 aromatic heterocycles. The van der Waals surface area contributed by atoms with Gasteiger partial charge in [0.25, 0.3) is 0 Å². The molecule has 7 heteroatoms. The Morgan fingerprint density at radius 2 is 2.35 bits per heavy atom. The maximum Gasteiger partial charge on any atom is 0.0898 e. The van der Waals surface area contributed by atoms with E-state index >= 15 is 0 Å². The maximum absolute atomic E-state index is 5.79. The zero-order chi connectivity index (χ0) is 13.8. The average molecular weight is 338 g/mol. The number of aromatic nitrogens is 4. The third kappa shape index (κ3) is 3.62. The highest BCUT2D eigenvalue weighted by molar-refractivity contribution is 9.10. The van der Waals surface area contributed by atoms with Crippen LogP contribution in [0.5, 0.6) is 0 Å². The number of nitrogens with zero attached hydrogens (tertiary/aromatic N) is 5. The minimum Gasteiger partial charge on any atom is -0.374 e. The summed E-state index contributed by atoms with van der Waals surface area (Å²) in [4.78, 5) is 6.59. The quantitative estimate of drug-likeness (QED) is 0.842. The van der Waals surface area contributed by atoms with Crippen LogP contribution in [0.3, 0.4) is 0 Å². The molecule has 1 aliphatic heterocycles. The van der Waals surface area contributed by atoms with E-state index in [2.05, 4.69) is 42.2 Å². The van der Waals surface area contributed by atoms with Crippen LogP contribution in [-0.2, 0) is 17.8 Å². The average Bonchev–Trinajstić information content (AvgIpc) is 2.92. The smallest absolute Gasteiger partial charge is 0.0898 e. The largest absolute Gasteiger partial charge is 0.374 e. The van der Waals surface area contributed by atoms with Crippen LogP contribution in [-0.4, -0.2) is 50.7 Å². The Labute approximate surface area is 125 Å². The lowest BCUT2D eigenvalue weighted by atomic mass is 10.2. The molecule has 0 amide bonds. The van der Waals surface area contributed by atoms with Crippen molar-refractivity contribution in [2.75, 3.05) is 19.7 Å². The van der Waals surface area contributed by atoms with E-state index in [1.165, 1.54) is 5.56 Å². The summed E-state index contributed by atoms with van der Waals surface area (Å²) in [6.45, 7) is 4.23. The van der Waals surface area contributed by atoms with E-state index in [1.807, 2.05) is 17.1 Å². The van der Waals surface area contributed by atoms with Crippen molar-refractivity contribution in [3.05, 3.63) is 40.9 Å². The monoisotopic (exact) mass is 337 g/mol. The number of rotatable bonds is 4. The Bertz CT molecular complexity index is 547. The van der Waals surface area contributed by atoms with Gasteiger partial charge >= 0.3 is 0 Å². The second-order valence-corrected chi connectivity index (χ2v) is 5.78. The summed E-state index contributed by atoms with van der Waals surface area (Å²) in [5.74, 6) is 0. The van der Waals surface area contributed by atoms with Gasteiger partial charge in [0.2, 0.25) is 0 Å². The first-order valence-corrected chi connectivity index (χ1v) is 7.36. The summed E-state index contributed by atoms with van der Waals surface area (Å²) in [7, 11) is 0. The molecule has 1 unspecified atom stereocenters. The van der Waals surface area contributed by atoms with Gasteiger partial charge in [-0.1, -0.05) is 5.21 Å². The van der Waals surface area contributed by atoms with Crippen LogP contribution in [0.1, 0.15) is 5.56 Å². The Morgan fingerprint density at radius 1 is 1.40 bits per heavy atom. The zero-order valence-corrected chi connectivity index (χ0v) is 12.6. The normalized spacial score (nSPS) is 20.1. The van der Waals surface area contributed by atoms with Crippen molar-refractivity contribution < 1.29 is 4.74 Å². The molecule has 2 aromatic rings. The second kappa shape index (κ2) is 6.43. The molecule has 1 saturated heterocycles. The van der Waals surface area contributed by atoms with Crippen molar-refractivity contribution >= 4 is 15.9 Å². The topological polar surface area (TPSA) is 56.1 Å². The molecule has 6 nitrogen and oxygen atoms in total. The molecule has 0 spiro atoms. The number of ether oxygens (including phenoxy) is 1. The Balaban J connectivity index is 1.57. The highest BCUT2D eigenvalue weighted by Crippen LogP contribution is 2.14. The fourth-order valence-corrected chi connectivity index (χ4v) is 2.79. The van der Waals surface area contributed by atoms with Crippen LogP contribution in [0.2, 0.25) is 0 Å². The Kier molecular flexibility index (Phi) is 4.39. The lowest BCUT2D eigenvalue weighted by Gasteiger charge is -2.32. The van der Waals surface area contributed by atoms with Gasteiger partial charge in [0, 0.05) is 42.7 Å². The standard InChI is InChI=1S/C13H16BrN5O/c14-12-5-11(6-15-7-12)8-18-3-4-20-13(9-18)10-19-2-1-16-17-19/h1-2,5-7,13H,3-4,8-10H2. The van der Waals surface area contributed by atoms with Gasteiger partial charge < -0.3 is 4.74 Å². The van der Waals surface area contributed by atoms with E-state index in [1.54, 1.807) is 12.4 Å². The lowest BCUT2D eigenvalue weighted by Crippen LogP contribution is -2.43. The third-order valence-corrected chi connectivity index (χ3v) is 3.69. The van der Waals surface area contributed by atoms with Crippen LogP contribution >= 0.6 is 15.9 Å². The fourth-order valence-electron chi connectivity index (χ4n) is 2.37. The van der Waals surface area contributed by atoms with Gasteiger partial charge in [-0.05, 0) is 27.6 Å². The van der Waals surface area contributed by atoms with Gasteiger partial charge in [-0.15, -0.1) is 5.10 Å². The Hall–Kier alpha value is -1.31. The van der Waals surface area contributed by atoms with Crippen molar-refractivity contribution in [2.24, 2.45) is 0 Å². The summed E-state index contributed by atoms with van der Waals surface area (Å²) in [5, 5.41) is 7.80. The molecule has 106 valence electrons. The van der Waals surface area contributed by atoms with Crippen LogP contribution < -0.4 is 0 Å². The first kappa shape index (κ1) is 13.7. The van der Waals surface area contributed by atoms with Gasteiger partial charge in [-0.25, -0.2) is 4.68 Å². The van der Waals surface area contributed by atoms with Crippen LogP contribution in [0, 0.1) is 0 Å². The first-order valence-electron chi connectivity index (χ1n) is 6.57. The van der Waals surface area contributed by atoms with Crippen LogP contribution in [0.15, 0.2) is 35.3 Å². The van der Waals surface area contributed by atoms with E-state index < -0.39 is 0 Å². The van der Waals surface area contributed by atoms with Crippen molar-refractivity contribution in [3.63, 3.8) is 0 Å². The van der Waals surface area contributed by atoms with Crippen LogP contribution in [0.25, 0.3) is 0 Å². The second-order valence-electron chi connectivity index (χ2n) is 4.86. The molecule has 1 fully saturated rings. The minimum absolute atomic E-state index is 0.158. The molecule has 1 atom stereocenters. The molecule has 0 N–H and O–H groups in total. The van der Waals surface area contributed by atoms with Crippen molar-refractivity contribution in [3.8, 4) is 0 Å². The Morgan fingerprint density at radius 3 is 3.15 bits per heavy atom. The van der Waals surface area contributed by atoms with Gasteiger partial charge in [0.15, 0.2) is 0 Å². The van der Waals surface area contributed by atoms with E-state index in [9.17, 15) is 0 Å². The third-order valence-electron chi connectivity index (χ3n) is 3.25. The molecular weight excluding hydrogens is 322 g/mol. The number of hydrogen-bond acceptors (Lipinski definition) is 5. The summed E-state index contributed by atoms with van der Waals surface area (Å²) < 4.78 is 8.62. The number of halogens is 1. The summed E-state index contributed by atoms with van der Waals surface area (Å²) >= 11 is 3.45. The summed E-state index contributed by atoms with van der Waals surface area (Å²) in [5.41, 5.74) is 1.21. The molecule has 0 bridgehead atoms. The van der Waals surface area contributed by atoms with Gasteiger partial charge in [-0.2, -0.15) is 0 Å². The molecule has 20 heavy (non-hydrogen) atoms. The van der Waals surface area contributed by atoms with Crippen LogP contribution in [0.4, 0.5) is 0 Å². The number of morpholine rings is 1. The molecule has 0 radical (unpaired) electrons. The van der Waals surface area contributed by atoms with E-state index in [-0.39, 0.29) is 6.10 Å². The fraction of sp³-hybridized carbons (Fsp3) is 0.462. The number of hydrogen-bond donors (Lipinski definition) is 0. The van der Waals surface area contributed by atoms with E-state index in [4.69, 9.17) is 4.74 Å². The lowest BCUT2D eigenvalue weighted by molar-refractivity contribution is -0.0404. The molecule has 3 heterocycles. The SMILES string of the molecule is Brc1cncc(CN2CCOC(Cn3ccnn3)C2)c1. The first-order chi connectivity index (χ1) is 9.79. The van der Waals surface area contributed by atoms with Crippen molar-refractivity contribution in [2.45, 2.75) is 19.2 Å². The highest BCUT2D eigenvalue weighted by atomic mass is 79.9. The van der Waals surface area contributed by atoms with Gasteiger partial charge in [0.05, 0.1) is 25.5 Å². The summed E-state index contributed by atoms with van der Waals surface area (Å²) in [6.07, 6.45) is 7.42. The molecule has 0 saturated carbocycles.